The Balaban J connectivity index is 2.38. The third-order valence-corrected chi connectivity index (χ3v) is 2.22. The summed E-state index contributed by atoms with van der Waals surface area (Å²) in [5.74, 6) is 0. The minimum atomic E-state index is -0.513. The van der Waals surface area contributed by atoms with Crippen molar-refractivity contribution < 1.29 is 4.79 Å². The van der Waals surface area contributed by atoms with E-state index in [1.54, 1.807) is 12.4 Å². The number of hydrogen-bond donors (Lipinski definition) is 2. The summed E-state index contributed by atoms with van der Waals surface area (Å²) in [6, 6.07) is 7.28. The predicted octanol–water partition coefficient (Wildman–Crippen LogP) is 1.40. The molecule has 76 valence electrons. The highest BCUT2D eigenvalue weighted by molar-refractivity contribution is 5.85. The molecule has 0 saturated carbocycles. The van der Waals surface area contributed by atoms with Crippen LogP contribution in [0.3, 0.4) is 0 Å². The third kappa shape index (κ3) is 2.04. The Labute approximate surface area is 87.1 Å². The van der Waals surface area contributed by atoms with Gasteiger partial charge in [-0.25, -0.2) is 4.79 Å². The van der Waals surface area contributed by atoms with Crippen LogP contribution in [-0.2, 0) is 6.54 Å². The molecule has 0 spiro atoms. The summed E-state index contributed by atoms with van der Waals surface area (Å²) < 4.78 is 0. The summed E-state index contributed by atoms with van der Waals surface area (Å²) in [6.07, 6.45) is 3.53. The van der Waals surface area contributed by atoms with E-state index in [0.717, 1.165) is 16.3 Å². The second-order valence-corrected chi connectivity index (χ2v) is 3.23. The molecule has 4 heteroatoms. The number of carbonyl (C=O) groups excluding carboxylic acids is 1. The average molecular weight is 201 g/mol. The predicted molar refractivity (Wildman–Crippen MR) is 58.2 cm³/mol. The van der Waals surface area contributed by atoms with Crippen LogP contribution in [0.4, 0.5) is 4.79 Å². The van der Waals surface area contributed by atoms with Crippen LogP contribution in [-0.4, -0.2) is 11.0 Å². The lowest BCUT2D eigenvalue weighted by Crippen LogP contribution is -2.28. The highest BCUT2D eigenvalue weighted by Crippen LogP contribution is 2.16. The maximum atomic E-state index is 10.6. The van der Waals surface area contributed by atoms with Gasteiger partial charge in [0, 0.05) is 24.3 Å². The van der Waals surface area contributed by atoms with Gasteiger partial charge in [-0.3, -0.25) is 4.98 Å². The van der Waals surface area contributed by atoms with Crippen LogP contribution in [0.1, 0.15) is 5.56 Å². The van der Waals surface area contributed by atoms with Gasteiger partial charge < -0.3 is 11.1 Å². The smallest absolute Gasteiger partial charge is 0.312 e. The van der Waals surface area contributed by atoms with Crippen LogP contribution < -0.4 is 11.1 Å². The fourth-order valence-electron chi connectivity index (χ4n) is 1.53. The van der Waals surface area contributed by atoms with Crippen molar-refractivity contribution in [3.8, 4) is 0 Å². The van der Waals surface area contributed by atoms with Gasteiger partial charge in [-0.2, -0.15) is 0 Å². The zero-order chi connectivity index (χ0) is 10.7. The number of nitrogens with zero attached hydrogens (tertiary/aromatic N) is 1. The van der Waals surface area contributed by atoms with E-state index in [4.69, 9.17) is 5.73 Å². The third-order valence-electron chi connectivity index (χ3n) is 2.22. The molecule has 2 aromatic rings. The molecule has 4 nitrogen and oxygen atoms in total. The highest BCUT2D eigenvalue weighted by Gasteiger charge is 2.00. The van der Waals surface area contributed by atoms with Crippen molar-refractivity contribution in [2.24, 2.45) is 5.73 Å². The number of urea groups is 1. The molecule has 0 unspecified atom stereocenters. The number of nitrogens with two attached hydrogens (primary N) is 1. The molecule has 2 amide bonds. The number of benzene rings is 1. The summed E-state index contributed by atoms with van der Waals surface area (Å²) in [5, 5.41) is 4.71. The fourth-order valence-corrected chi connectivity index (χ4v) is 1.53. The van der Waals surface area contributed by atoms with E-state index in [1.807, 2.05) is 24.3 Å². The normalized spacial score (nSPS) is 10.1. The van der Waals surface area contributed by atoms with Gasteiger partial charge >= 0.3 is 6.03 Å². The van der Waals surface area contributed by atoms with E-state index in [9.17, 15) is 4.79 Å². The Morgan fingerprint density at radius 3 is 3.07 bits per heavy atom. The van der Waals surface area contributed by atoms with Crippen molar-refractivity contribution in [2.75, 3.05) is 0 Å². The first-order chi connectivity index (χ1) is 7.27. The second kappa shape index (κ2) is 3.96. The molecule has 0 fully saturated rings. The fraction of sp³-hybridized carbons (Fsp3) is 0.0909. The molecule has 0 aliphatic heterocycles. The number of primary amides is 1. The molecule has 0 saturated heterocycles. The lowest BCUT2D eigenvalue weighted by atomic mass is 10.1. The lowest BCUT2D eigenvalue weighted by Gasteiger charge is -2.05. The van der Waals surface area contributed by atoms with Crippen molar-refractivity contribution in [3.05, 3.63) is 42.2 Å². The number of nitrogens with one attached hydrogen (secondary N) is 1. The maximum absolute atomic E-state index is 10.6. The molecule has 0 atom stereocenters. The summed E-state index contributed by atoms with van der Waals surface area (Å²) in [5.41, 5.74) is 6.06. The van der Waals surface area contributed by atoms with Crippen molar-refractivity contribution >= 4 is 16.8 Å². The molecule has 0 aliphatic rings. The first-order valence-corrected chi connectivity index (χ1v) is 4.62. The molecule has 0 aliphatic carbocycles. The molecule has 0 radical (unpaired) electrons. The Morgan fingerprint density at radius 2 is 2.27 bits per heavy atom. The largest absolute Gasteiger partial charge is 0.352 e. The van der Waals surface area contributed by atoms with Gasteiger partial charge in [-0.05, 0) is 17.0 Å². The average Bonchev–Trinajstić information content (AvgIpc) is 2.26. The maximum Gasteiger partial charge on any atom is 0.312 e. The number of hydrogen-bond acceptors (Lipinski definition) is 2. The van der Waals surface area contributed by atoms with Gasteiger partial charge in [0.15, 0.2) is 0 Å². The van der Waals surface area contributed by atoms with E-state index in [2.05, 4.69) is 10.3 Å². The molecule has 1 aromatic heterocycles. The summed E-state index contributed by atoms with van der Waals surface area (Å²) in [4.78, 5) is 14.6. The summed E-state index contributed by atoms with van der Waals surface area (Å²) >= 11 is 0. The first-order valence-electron chi connectivity index (χ1n) is 4.62. The van der Waals surface area contributed by atoms with E-state index in [-0.39, 0.29) is 0 Å². The Morgan fingerprint density at radius 1 is 1.40 bits per heavy atom. The molecule has 0 bridgehead atoms. The van der Waals surface area contributed by atoms with E-state index in [0.29, 0.717) is 6.54 Å². The lowest BCUT2D eigenvalue weighted by molar-refractivity contribution is 0.248. The van der Waals surface area contributed by atoms with Gasteiger partial charge in [0.1, 0.15) is 0 Å². The van der Waals surface area contributed by atoms with Crippen LogP contribution in [0.2, 0.25) is 0 Å². The zero-order valence-electron chi connectivity index (χ0n) is 8.10. The van der Waals surface area contributed by atoms with Gasteiger partial charge in [0.2, 0.25) is 0 Å². The van der Waals surface area contributed by atoms with E-state index >= 15 is 0 Å². The summed E-state index contributed by atoms with van der Waals surface area (Å²) in [6.45, 7) is 0.441. The molecular formula is C11H11N3O. The van der Waals surface area contributed by atoms with Crippen molar-refractivity contribution in [3.63, 3.8) is 0 Å². The van der Waals surface area contributed by atoms with Gasteiger partial charge in [-0.1, -0.05) is 18.2 Å². The van der Waals surface area contributed by atoms with Crippen molar-refractivity contribution in [1.29, 1.82) is 0 Å². The minimum Gasteiger partial charge on any atom is -0.352 e. The standard InChI is InChI=1S/C11H11N3O/c12-11(15)14-7-9-3-1-2-8-6-13-5-4-10(8)9/h1-6H,7H2,(H3,12,14,15). The number of aromatic nitrogens is 1. The Bertz CT molecular complexity index is 491. The number of amides is 2. The molecule has 2 rings (SSSR count). The Kier molecular flexibility index (Phi) is 2.49. The summed E-state index contributed by atoms with van der Waals surface area (Å²) in [7, 11) is 0. The first kappa shape index (κ1) is 9.45. The van der Waals surface area contributed by atoms with Crippen molar-refractivity contribution in [2.45, 2.75) is 6.54 Å². The number of pyridine rings is 1. The van der Waals surface area contributed by atoms with E-state index < -0.39 is 6.03 Å². The van der Waals surface area contributed by atoms with E-state index in [1.165, 1.54) is 0 Å². The van der Waals surface area contributed by atoms with Crippen LogP contribution in [0.5, 0.6) is 0 Å². The minimum absolute atomic E-state index is 0.441. The van der Waals surface area contributed by atoms with Gasteiger partial charge in [0.25, 0.3) is 0 Å². The quantitative estimate of drug-likeness (QED) is 0.771. The van der Waals surface area contributed by atoms with Crippen molar-refractivity contribution in [1.82, 2.24) is 10.3 Å². The number of rotatable bonds is 2. The molecule has 1 heterocycles. The molecule has 1 aromatic carbocycles. The zero-order valence-corrected chi connectivity index (χ0v) is 8.10. The second-order valence-electron chi connectivity index (χ2n) is 3.23. The molecule has 15 heavy (non-hydrogen) atoms. The monoisotopic (exact) mass is 201 g/mol. The number of carbonyl (C=O) groups is 1. The molecule has 3 N–H and O–H groups in total. The topological polar surface area (TPSA) is 68.0 Å². The van der Waals surface area contributed by atoms with Gasteiger partial charge in [-0.15, -0.1) is 0 Å². The molecular weight excluding hydrogens is 190 g/mol. The van der Waals surface area contributed by atoms with Gasteiger partial charge in [0.05, 0.1) is 0 Å². The van der Waals surface area contributed by atoms with Crippen LogP contribution in [0.15, 0.2) is 36.7 Å². The Hall–Kier alpha value is -2.10. The highest BCUT2D eigenvalue weighted by atomic mass is 16.2. The number of fused-ring (bicyclic) bond motifs is 1. The van der Waals surface area contributed by atoms with Crippen LogP contribution in [0, 0.1) is 0 Å². The van der Waals surface area contributed by atoms with Crippen LogP contribution in [0.25, 0.3) is 10.8 Å². The SMILES string of the molecule is NC(=O)NCc1cccc2cnccc12. The van der Waals surface area contributed by atoms with Crippen LogP contribution >= 0.6 is 0 Å².